The Hall–Kier alpha value is -1.51. The predicted octanol–water partition coefficient (Wildman–Crippen LogP) is 0.00210. The Morgan fingerprint density at radius 2 is 2.00 bits per heavy atom. The number of aromatic nitrogens is 1. The third-order valence-electron chi connectivity index (χ3n) is 3.60. The number of piperazine rings is 1. The van der Waals surface area contributed by atoms with Crippen molar-refractivity contribution in [3.8, 4) is 0 Å². The second-order valence-electron chi connectivity index (χ2n) is 5.02. The summed E-state index contributed by atoms with van der Waals surface area (Å²) in [4.78, 5) is 17.2. The van der Waals surface area contributed by atoms with E-state index in [9.17, 15) is 13.2 Å². The van der Waals surface area contributed by atoms with Crippen LogP contribution in [0, 0.1) is 0 Å². The first kappa shape index (κ1) is 15.9. The third-order valence-corrected chi connectivity index (χ3v) is 5.78. The molecule has 8 heteroatoms. The number of carbonyl (C=O) groups is 1. The van der Waals surface area contributed by atoms with Gasteiger partial charge in [-0.1, -0.05) is 6.07 Å². The Labute approximate surface area is 124 Å². The standard InChI is InChI=1S/C13H19N3O4S/c1-11(13(17)18)21(19,20)16-8-6-15(7-9-16)10-12-4-2-3-5-14-12/h2-5,11H,6-10H2,1H3,(H,17,18). The third kappa shape index (κ3) is 3.78. The number of rotatable bonds is 5. The van der Waals surface area contributed by atoms with E-state index in [-0.39, 0.29) is 0 Å². The van der Waals surface area contributed by atoms with Gasteiger partial charge in [0.2, 0.25) is 10.0 Å². The largest absolute Gasteiger partial charge is 0.480 e. The van der Waals surface area contributed by atoms with Gasteiger partial charge in [0.05, 0.1) is 5.69 Å². The van der Waals surface area contributed by atoms with Crippen LogP contribution in [0.5, 0.6) is 0 Å². The van der Waals surface area contributed by atoms with Crippen LogP contribution < -0.4 is 0 Å². The molecule has 1 atom stereocenters. The first-order valence-corrected chi connectivity index (χ1v) is 8.25. The molecule has 21 heavy (non-hydrogen) atoms. The van der Waals surface area contributed by atoms with Gasteiger partial charge >= 0.3 is 5.97 Å². The number of sulfonamides is 1. The van der Waals surface area contributed by atoms with Gasteiger partial charge in [0.1, 0.15) is 0 Å². The molecule has 7 nitrogen and oxygen atoms in total. The zero-order valence-electron chi connectivity index (χ0n) is 11.8. The van der Waals surface area contributed by atoms with Crippen LogP contribution in [-0.2, 0) is 21.4 Å². The van der Waals surface area contributed by atoms with Crippen LogP contribution in [-0.4, -0.2) is 65.1 Å². The number of nitrogens with zero attached hydrogens (tertiary/aromatic N) is 3. The molecule has 1 aromatic heterocycles. The lowest BCUT2D eigenvalue weighted by Gasteiger charge is -2.34. The van der Waals surface area contributed by atoms with Crippen LogP contribution in [0.4, 0.5) is 0 Å². The highest BCUT2D eigenvalue weighted by Gasteiger charge is 2.35. The van der Waals surface area contributed by atoms with Gasteiger partial charge in [-0.3, -0.25) is 14.7 Å². The molecule has 1 N–H and O–H groups in total. The number of carboxylic acids is 1. The SMILES string of the molecule is CC(C(=O)O)S(=O)(=O)N1CCN(Cc2ccccn2)CC1. The molecule has 116 valence electrons. The van der Waals surface area contributed by atoms with Gasteiger partial charge < -0.3 is 5.11 Å². The molecule has 0 radical (unpaired) electrons. The highest BCUT2D eigenvalue weighted by Crippen LogP contribution is 2.14. The van der Waals surface area contributed by atoms with Crippen molar-refractivity contribution in [1.82, 2.24) is 14.2 Å². The topological polar surface area (TPSA) is 90.8 Å². The van der Waals surface area contributed by atoms with Crippen LogP contribution in [0.2, 0.25) is 0 Å². The minimum absolute atomic E-state index is 0.312. The van der Waals surface area contributed by atoms with E-state index in [1.807, 2.05) is 18.2 Å². The van der Waals surface area contributed by atoms with Crippen LogP contribution in [0.25, 0.3) is 0 Å². The van der Waals surface area contributed by atoms with Crippen molar-refractivity contribution in [3.63, 3.8) is 0 Å². The Balaban J connectivity index is 1.93. The number of pyridine rings is 1. The molecule has 1 aliphatic heterocycles. The summed E-state index contributed by atoms with van der Waals surface area (Å²) in [5, 5.41) is 7.47. The molecule has 0 aliphatic carbocycles. The first-order chi connectivity index (χ1) is 9.91. The average molecular weight is 313 g/mol. The smallest absolute Gasteiger partial charge is 0.323 e. The van der Waals surface area contributed by atoms with E-state index < -0.39 is 21.2 Å². The first-order valence-electron chi connectivity index (χ1n) is 6.75. The number of aliphatic carboxylic acids is 1. The zero-order valence-corrected chi connectivity index (χ0v) is 12.7. The molecule has 0 spiro atoms. The Morgan fingerprint density at radius 1 is 1.33 bits per heavy atom. The number of hydrogen-bond donors (Lipinski definition) is 1. The van der Waals surface area contributed by atoms with Gasteiger partial charge in [-0.05, 0) is 19.1 Å². The van der Waals surface area contributed by atoms with E-state index in [0.29, 0.717) is 32.7 Å². The fourth-order valence-corrected chi connectivity index (χ4v) is 3.59. The summed E-state index contributed by atoms with van der Waals surface area (Å²) in [6, 6.07) is 5.69. The predicted molar refractivity (Wildman–Crippen MR) is 77.1 cm³/mol. The molecule has 0 aromatic carbocycles. The Kier molecular flexibility index (Phi) is 4.92. The molecule has 1 saturated heterocycles. The van der Waals surface area contributed by atoms with Crippen LogP contribution >= 0.6 is 0 Å². The maximum absolute atomic E-state index is 12.1. The molecular weight excluding hydrogens is 294 g/mol. The fourth-order valence-electron chi connectivity index (χ4n) is 2.21. The van der Waals surface area contributed by atoms with Gasteiger partial charge in [0.15, 0.2) is 5.25 Å². The Bertz CT molecular complexity index is 583. The van der Waals surface area contributed by atoms with E-state index >= 15 is 0 Å². The molecule has 1 aromatic rings. The van der Waals surface area contributed by atoms with Gasteiger partial charge in [-0.2, -0.15) is 4.31 Å². The molecule has 0 amide bonds. The summed E-state index contributed by atoms with van der Waals surface area (Å²) in [5.74, 6) is -1.31. The van der Waals surface area contributed by atoms with Crippen molar-refractivity contribution in [1.29, 1.82) is 0 Å². The average Bonchev–Trinajstić information content (AvgIpc) is 2.48. The lowest BCUT2D eigenvalue weighted by Crippen LogP contribution is -2.51. The van der Waals surface area contributed by atoms with E-state index in [1.54, 1.807) is 6.20 Å². The molecule has 2 rings (SSSR count). The molecule has 1 unspecified atom stereocenters. The second kappa shape index (κ2) is 6.50. The maximum Gasteiger partial charge on any atom is 0.323 e. The van der Waals surface area contributed by atoms with Crippen molar-refractivity contribution >= 4 is 16.0 Å². The highest BCUT2D eigenvalue weighted by atomic mass is 32.2. The molecule has 1 fully saturated rings. The summed E-state index contributed by atoms with van der Waals surface area (Å²) in [6.07, 6.45) is 1.73. The molecule has 2 heterocycles. The van der Waals surface area contributed by atoms with Crippen LogP contribution in [0.3, 0.4) is 0 Å². The lowest BCUT2D eigenvalue weighted by molar-refractivity contribution is -0.136. The van der Waals surface area contributed by atoms with E-state index in [2.05, 4.69) is 9.88 Å². The van der Waals surface area contributed by atoms with Crippen LogP contribution in [0.15, 0.2) is 24.4 Å². The Morgan fingerprint density at radius 3 is 2.52 bits per heavy atom. The van der Waals surface area contributed by atoms with Gasteiger partial charge in [0.25, 0.3) is 0 Å². The fraction of sp³-hybridized carbons (Fsp3) is 0.538. The quantitative estimate of drug-likeness (QED) is 0.823. The normalized spacial score (nSPS) is 19.3. The second-order valence-corrected chi connectivity index (χ2v) is 7.28. The molecule has 1 aliphatic rings. The van der Waals surface area contributed by atoms with Crippen molar-refractivity contribution in [2.24, 2.45) is 0 Å². The van der Waals surface area contributed by atoms with Gasteiger partial charge in [0, 0.05) is 38.9 Å². The zero-order chi connectivity index (χ0) is 15.5. The van der Waals surface area contributed by atoms with Crippen molar-refractivity contribution in [3.05, 3.63) is 30.1 Å². The summed E-state index contributed by atoms with van der Waals surface area (Å²) in [6.45, 7) is 3.64. The summed E-state index contributed by atoms with van der Waals surface area (Å²) in [5.41, 5.74) is 0.938. The monoisotopic (exact) mass is 313 g/mol. The highest BCUT2D eigenvalue weighted by molar-refractivity contribution is 7.90. The number of hydrogen-bond acceptors (Lipinski definition) is 5. The maximum atomic E-state index is 12.1. The van der Waals surface area contributed by atoms with Crippen molar-refractivity contribution in [2.45, 2.75) is 18.7 Å². The summed E-state index contributed by atoms with van der Waals surface area (Å²) in [7, 11) is -3.77. The lowest BCUT2D eigenvalue weighted by atomic mass is 10.3. The molecular formula is C13H19N3O4S. The summed E-state index contributed by atoms with van der Waals surface area (Å²) < 4.78 is 25.5. The van der Waals surface area contributed by atoms with E-state index in [4.69, 9.17) is 5.11 Å². The number of carboxylic acid groups (broad SMARTS) is 1. The van der Waals surface area contributed by atoms with E-state index in [0.717, 1.165) is 5.69 Å². The van der Waals surface area contributed by atoms with Crippen molar-refractivity contribution < 1.29 is 18.3 Å². The van der Waals surface area contributed by atoms with Gasteiger partial charge in [-0.15, -0.1) is 0 Å². The van der Waals surface area contributed by atoms with E-state index in [1.165, 1.54) is 11.2 Å². The molecule has 0 saturated carbocycles. The minimum atomic E-state index is -3.77. The van der Waals surface area contributed by atoms with Crippen molar-refractivity contribution in [2.75, 3.05) is 26.2 Å². The van der Waals surface area contributed by atoms with Gasteiger partial charge in [-0.25, -0.2) is 8.42 Å². The molecule has 0 bridgehead atoms. The minimum Gasteiger partial charge on any atom is -0.480 e. The van der Waals surface area contributed by atoms with Crippen LogP contribution in [0.1, 0.15) is 12.6 Å². The summed E-state index contributed by atoms with van der Waals surface area (Å²) >= 11 is 0.